The van der Waals surface area contributed by atoms with Crippen LogP contribution in [0.3, 0.4) is 0 Å². The van der Waals surface area contributed by atoms with Gasteiger partial charge in [0.15, 0.2) is 0 Å². The highest BCUT2D eigenvalue weighted by molar-refractivity contribution is 7.99. The zero-order valence-electron chi connectivity index (χ0n) is 9.60. The van der Waals surface area contributed by atoms with E-state index in [0.717, 1.165) is 24.2 Å². The van der Waals surface area contributed by atoms with Gasteiger partial charge in [-0.2, -0.15) is 11.8 Å². The Bertz CT molecular complexity index is 535. The zero-order valence-corrected chi connectivity index (χ0v) is 10.4. The first kappa shape index (κ1) is 10.7. The maximum absolute atomic E-state index is 5.99. The fourth-order valence-corrected chi connectivity index (χ4v) is 3.18. The summed E-state index contributed by atoms with van der Waals surface area (Å²) in [5, 5.41) is 2.27. The van der Waals surface area contributed by atoms with Gasteiger partial charge in [0.2, 0.25) is 0 Å². The van der Waals surface area contributed by atoms with Crippen molar-refractivity contribution in [1.82, 2.24) is 4.98 Å². The summed E-state index contributed by atoms with van der Waals surface area (Å²) in [5.41, 5.74) is 8.09. The second-order valence-corrected chi connectivity index (χ2v) is 5.42. The Morgan fingerprint density at radius 2 is 1.94 bits per heavy atom. The number of nitrogen functional groups attached to an aromatic ring is 1. The van der Waals surface area contributed by atoms with E-state index in [-0.39, 0.29) is 0 Å². The highest BCUT2D eigenvalue weighted by Crippen LogP contribution is 2.31. The Kier molecular flexibility index (Phi) is 2.81. The van der Waals surface area contributed by atoms with E-state index < -0.39 is 0 Å². The number of nitrogens with zero attached hydrogens (tertiary/aromatic N) is 2. The molecule has 1 saturated heterocycles. The minimum atomic E-state index is 0.809. The molecule has 17 heavy (non-hydrogen) atoms. The first-order valence-corrected chi connectivity index (χ1v) is 6.96. The Labute approximate surface area is 105 Å². The van der Waals surface area contributed by atoms with Crippen molar-refractivity contribution in [2.24, 2.45) is 0 Å². The summed E-state index contributed by atoms with van der Waals surface area (Å²) in [6.45, 7) is 2.23. The van der Waals surface area contributed by atoms with Gasteiger partial charge in [-0.05, 0) is 18.2 Å². The van der Waals surface area contributed by atoms with E-state index in [1.54, 1.807) is 0 Å². The van der Waals surface area contributed by atoms with Crippen LogP contribution >= 0.6 is 11.8 Å². The molecule has 0 atom stereocenters. The highest BCUT2D eigenvalue weighted by Gasteiger charge is 2.14. The second-order valence-electron chi connectivity index (χ2n) is 4.19. The largest absolute Gasteiger partial charge is 0.398 e. The number of benzene rings is 1. The van der Waals surface area contributed by atoms with Gasteiger partial charge < -0.3 is 10.6 Å². The van der Waals surface area contributed by atoms with Gasteiger partial charge in [-0.25, -0.2) is 0 Å². The van der Waals surface area contributed by atoms with E-state index in [1.165, 1.54) is 22.6 Å². The predicted molar refractivity (Wildman–Crippen MR) is 75.7 cm³/mol. The van der Waals surface area contributed by atoms with Crippen molar-refractivity contribution in [2.75, 3.05) is 35.2 Å². The lowest BCUT2D eigenvalue weighted by molar-refractivity contribution is 0.863. The van der Waals surface area contributed by atoms with Gasteiger partial charge in [0.05, 0.1) is 0 Å². The van der Waals surface area contributed by atoms with Gasteiger partial charge in [-0.3, -0.25) is 4.98 Å². The molecule has 2 aromatic rings. The first-order valence-electron chi connectivity index (χ1n) is 5.81. The van der Waals surface area contributed by atoms with Gasteiger partial charge >= 0.3 is 0 Å². The Morgan fingerprint density at radius 1 is 1.12 bits per heavy atom. The molecule has 2 heterocycles. The molecule has 4 heteroatoms. The first-order chi connectivity index (χ1) is 8.36. The molecule has 1 fully saturated rings. The minimum absolute atomic E-state index is 0.809. The molecule has 1 aliphatic heterocycles. The molecule has 2 N–H and O–H groups in total. The van der Waals surface area contributed by atoms with E-state index in [0.29, 0.717) is 0 Å². The number of pyridine rings is 1. The lowest BCUT2D eigenvalue weighted by Crippen LogP contribution is -2.32. The molecule has 0 unspecified atom stereocenters. The fraction of sp³-hybridized carbons (Fsp3) is 0.308. The monoisotopic (exact) mass is 245 g/mol. The Morgan fingerprint density at radius 3 is 2.76 bits per heavy atom. The standard InChI is InChI=1S/C13H15N3S/c14-12-1-2-13(16-5-7-17-8-6-16)10-3-4-15-9-11(10)12/h1-4,9H,5-8,14H2. The topological polar surface area (TPSA) is 42.1 Å². The molecule has 0 amide bonds. The molecule has 0 radical (unpaired) electrons. The van der Waals surface area contributed by atoms with E-state index in [1.807, 2.05) is 30.2 Å². The quantitative estimate of drug-likeness (QED) is 0.783. The second kappa shape index (κ2) is 4.45. The maximum Gasteiger partial charge on any atom is 0.0449 e. The van der Waals surface area contributed by atoms with Crippen LogP contribution in [-0.4, -0.2) is 29.6 Å². The summed E-state index contributed by atoms with van der Waals surface area (Å²) in [7, 11) is 0. The van der Waals surface area contributed by atoms with Crippen LogP contribution < -0.4 is 10.6 Å². The third-order valence-electron chi connectivity index (χ3n) is 3.18. The number of aromatic nitrogens is 1. The third kappa shape index (κ3) is 1.93. The molecular formula is C13H15N3S. The molecule has 1 aliphatic rings. The van der Waals surface area contributed by atoms with Crippen molar-refractivity contribution >= 4 is 33.9 Å². The lowest BCUT2D eigenvalue weighted by Gasteiger charge is -2.29. The van der Waals surface area contributed by atoms with Crippen LogP contribution in [0.15, 0.2) is 30.6 Å². The number of nitrogens with two attached hydrogens (primary N) is 1. The molecule has 0 spiro atoms. The number of hydrogen-bond donors (Lipinski definition) is 1. The van der Waals surface area contributed by atoms with Gasteiger partial charge in [0.1, 0.15) is 0 Å². The number of thioether (sulfide) groups is 1. The molecule has 3 rings (SSSR count). The van der Waals surface area contributed by atoms with E-state index in [4.69, 9.17) is 5.73 Å². The van der Waals surface area contributed by atoms with E-state index >= 15 is 0 Å². The molecule has 1 aromatic carbocycles. The number of hydrogen-bond acceptors (Lipinski definition) is 4. The Hall–Kier alpha value is -1.42. The predicted octanol–water partition coefficient (Wildman–Crippen LogP) is 2.37. The fourth-order valence-electron chi connectivity index (χ4n) is 2.28. The molecule has 3 nitrogen and oxygen atoms in total. The van der Waals surface area contributed by atoms with Crippen LogP contribution in [0.1, 0.15) is 0 Å². The van der Waals surface area contributed by atoms with Gasteiger partial charge in [0, 0.05) is 59.1 Å². The average molecular weight is 245 g/mol. The number of fused-ring (bicyclic) bond motifs is 1. The molecule has 0 saturated carbocycles. The summed E-state index contributed by atoms with van der Waals surface area (Å²) in [5.74, 6) is 2.41. The molecular weight excluding hydrogens is 230 g/mol. The van der Waals surface area contributed by atoms with Gasteiger partial charge in [-0.15, -0.1) is 0 Å². The van der Waals surface area contributed by atoms with Crippen molar-refractivity contribution in [3.8, 4) is 0 Å². The van der Waals surface area contributed by atoms with Crippen LogP contribution in [0.25, 0.3) is 10.8 Å². The van der Waals surface area contributed by atoms with E-state index in [2.05, 4.69) is 22.0 Å². The maximum atomic E-state index is 5.99. The van der Waals surface area contributed by atoms with Crippen molar-refractivity contribution in [3.05, 3.63) is 30.6 Å². The summed E-state index contributed by atoms with van der Waals surface area (Å²) >= 11 is 2.02. The molecule has 88 valence electrons. The van der Waals surface area contributed by atoms with Gasteiger partial charge in [-0.1, -0.05) is 0 Å². The molecule has 1 aromatic heterocycles. The lowest BCUT2D eigenvalue weighted by atomic mass is 10.1. The summed E-state index contributed by atoms with van der Waals surface area (Å²) in [4.78, 5) is 6.60. The van der Waals surface area contributed by atoms with Crippen molar-refractivity contribution in [1.29, 1.82) is 0 Å². The summed E-state index contributed by atoms with van der Waals surface area (Å²) in [6.07, 6.45) is 3.69. The summed E-state index contributed by atoms with van der Waals surface area (Å²) in [6, 6.07) is 6.18. The minimum Gasteiger partial charge on any atom is -0.398 e. The van der Waals surface area contributed by atoms with Crippen LogP contribution in [0.5, 0.6) is 0 Å². The van der Waals surface area contributed by atoms with Crippen molar-refractivity contribution in [2.45, 2.75) is 0 Å². The zero-order chi connectivity index (χ0) is 11.7. The number of rotatable bonds is 1. The average Bonchev–Trinajstić information content (AvgIpc) is 2.41. The Balaban J connectivity index is 2.12. The SMILES string of the molecule is Nc1ccc(N2CCSCC2)c2ccncc12. The van der Waals surface area contributed by atoms with E-state index in [9.17, 15) is 0 Å². The molecule has 0 aliphatic carbocycles. The molecule has 0 bridgehead atoms. The normalized spacial score (nSPS) is 16.4. The van der Waals surface area contributed by atoms with Crippen molar-refractivity contribution < 1.29 is 0 Å². The smallest absolute Gasteiger partial charge is 0.0449 e. The van der Waals surface area contributed by atoms with Crippen LogP contribution in [-0.2, 0) is 0 Å². The van der Waals surface area contributed by atoms with Crippen LogP contribution in [0.4, 0.5) is 11.4 Å². The highest BCUT2D eigenvalue weighted by atomic mass is 32.2. The third-order valence-corrected chi connectivity index (χ3v) is 4.12. The van der Waals surface area contributed by atoms with Crippen LogP contribution in [0, 0.1) is 0 Å². The number of anilines is 2. The van der Waals surface area contributed by atoms with Crippen molar-refractivity contribution in [3.63, 3.8) is 0 Å². The van der Waals surface area contributed by atoms with Gasteiger partial charge in [0.25, 0.3) is 0 Å². The van der Waals surface area contributed by atoms with Crippen LogP contribution in [0.2, 0.25) is 0 Å². The summed E-state index contributed by atoms with van der Waals surface area (Å²) < 4.78 is 0.